The first-order valence-corrected chi connectivity index (χ1v) is 12.6. The quantitative estimate of drug-likeness (QED) is 0.375. The van der Waals surface area contributed by atoms with E-state index in [1.807, 2.05) is 75.4 Å². The lowest BCUT2D eigenvalue weighted by molar-refractivity contribution is -0.143. The summed E-state index contributed by atoms with van der Waals surface area (Å²) in [6.07, 6.45) is 0.332. The van der Waals surface area contributed by atoms with Crippen molar-refractivity contribution >= 4 is 11.8 Å². The van der Waals surface area contributed by atoms with Gasteiger partial charge in [-0.1, -0.05) is 68.4 Å². The van der Waals surface area contributed by atoms with Gasteiger partial charge < -0.3 is 15.0 Å². The maximum atomic E-state index is 13.6. The Hall–Kier alpha value is -3.67. The van der Waals surface area contributed by atoms with Crippen molar-refractivity contribution < 1.29 is 18.7 Å². The van der Waals surface area contributed by atoms with E-state index in [9.17, 15) is 14.0 Å². The van der Waals surface area contributed by atoms with Crippen molar-refractivity contribution in [1.82, 2.24) is 10.2 Å². The Balaban J connectivity index is 1.89. The van der Waals surface area contributed by atoms with Gasteiger partial charge in [0.25, 0.3) is 5.91 Å². The number of hydrogen-bond donors (Lipinski definition) is 1. The fourth-order valence-corrected chi connectivity index (χ4v) is 3.97. The summed E-state index contributed by atoms with van der Waals surface area (Å²) in [4.78, 5) is 28.7. The van der Waals surface area contributed by atoms with Crippen molar-refractivity contribution in [3.05, 3.63) is 101 Å². The molecule has 3 aromatic rings. The summed E-state index contributed by atoms with van der Waals surface area (Å²) in [7, 11) is 0. The van der Waals surface area contributed by atoms with Crippen molar-refractivity contribution in [2.45, 2.75) is 65.1 Å². The summed E-state index contributed by atoms with van der Waals surface area (Å²) >= 11 is 0. The fraction of sp³-hybridized carbons (Fsp3) is 0.355. The predicted octanol–water partition coefficient (Wildman–Crippen LogP) is 5.88. The van der Waals surface area contributed by atoms with E-state index in [-0.39, 0.29) is 30.8 Å². The Labute approximate surface area is 219 Å². The number of carbonyl (C=O) groups is 2. The standard InChI is InChI=1S/C31H37FN2O3/c1-22(2)25-13-17-27(18-14-25)37-21-29(35)34(20-24-11-15-26(32)16-12-24)28(30(36)33-31(3,4)5)19-23-9-7-6-8-10-23/h6-18,22,28H,19-21H2,1-5H3,(H,33,36)/t28-/m0/s1. The van der Waals surface area contributed by atoms with Crippen LogP contribution in [-0.2, 0) is 22.6 Å². The van der Waals surface area contributed by atoms with Crippen LogP contribution in [0, 0.1) is 5.82 Å². The van der Waals surface area contributed by atoms with E-state index in [2.05, 4.69) is 19.2 Å². The molecule has 37 heavy (non-hydrogen) atoms. The molecule has 0 saturated carbocycles. The van der Waals surface area contributed by atoms with E-state index in [4.69, 9.17) is 4.74 Å². The minimum Gasteiger partial charge on any atom is -0.484 e. The number of halogens is 1. The molecule has 0 aliphatic carbocycles. The van der Waals surface area contributed by atoms with Crippen LogP contribution in [0.4, 0.5) is 4.39 Å². The maximum Gasteiger partial charge on any atom is 0.261 e. The molecule has 6 heteroatoms. The molecule has 0 saturated heterocycles. The smallest absolute Gasteiger partial charge is 0.261 e. The molecule has 196 valence electrons. The molecule has 0 spiro atoms. The Bertz CT molecular complexity index is 1150. The van der Waals surface area contributed by atoms with E-state index in [0.717, 1.165) is 11.1 Å². The Morgan fingerprint density at radius 3 is 2.08 bits per heavy atom. The number of ether oxygens (including phenoxy) is 1. The van der Waals surface area contributed by atoms with Crippen molar-refractivity contribution in [1.29, 1.82) is 0 Å². The van der Waals surface area contributed by atoms with Crippen molar-refractivity contribution in [2.75, 3.05) is 6.61 Å². The fourth-order valence-electron chi connectivity index (χ4n) is 3.97. The van der Waals surface area contributed by atoms with Crippen LogP contribution >= 0.6 is 0 Å². The summed E-state index contributed by atoms with van der Waals surface area (Å²) in [5, 5.41) is 3.03. The number of nitrogens with zero attached hydrogens (tertiary/aromatic N) is 1. The lowest BCUT2D eigenvalue weighted by Gasteiger charge is -2.33. The SMILES string of the molecule is CC(C)c1ccc(OCC(=O)N(Cc2ccc(F)cc2)[C@@H](Cc2ccccc2)C(=O)NC(C)(C)C)cc1. The van der Waals surface area contributed by atoms with E-state index in [1.165, 1.54) is 22.6 Å². The highest BCUT2D eigenvalue weighted by atomic mass is 19.1. The number of hydrogen-bond acceptors (Lipinski definition) is 3. The average Bonchev–Trinajstić information content (AvgIpc) is 2.85. The lowest BCUT2D eigenvalue weighted by atomic mass is 10.0. The third-order valence-electron chi connectivity index (χ3n) is 5.94. The van der Waals surface area contributed by atoms with Gasteiger partial charge in [-0.3, -0.25) is 9.59 Å². The van der Waals surface area contributed by atoms with Crippen LogP contribution in [0.3, 0.4) is 0 Å². The van der Waals surface area contributed by atoms with E-state index in [0.29, 0.717) is 18.1 Å². The topological polar surface area (TPSA) is 58.6 Å². The number of nitrogens with one attached hydrogen (secondary N) is 1. The molecule has 0 unspecified atom stereocenters. The summed E-state index contributed by atoms with van der Waals surface area (Å²) in [5.41, 5.74) is 2.35. The highest BCUT2D eigenvalue weighted by molar-refractivity contribution is 5.89. The number of amides is 2. The molecule has 5 nitrogen and oxygen atoms in total. The molecule has 3 aromatic carbocycles. The molecule has 0 aliphatic rings. The van der Waals surface area contributed by atoms with Gasteiger partial charge >= 0.3 is 0 Å². The van der Waals surface area contributed by atoms with Gasteiger partial charge in [0, 0.05) is 18.5 Å². The Morgan fingerprint density at radius 2 is 1.51 bits per heavy atom. The van der Waals surface area contributed by atoms with E-state index >= 15 is 0 Å². The van der Waals surface area contributed by atoms with Gasteiger partial charge in [-0.25, -0.2) is 4.39 Å². The van der Waals surface area contributed by atoms with Gasteiger partial charge in [0.1, 0.15) is 17.6 Å². The van der Waals surface area contributed by atoms with Crippen LogP contribution in [0.5, 0.6) is 5.75 Å². The molecule has 1 N–H and O–H groups in total. The molecular formula is C31H37FN2O3. The first kappa shape index (κ1) is 27.9. The normalized spacial score (nSPS) is 12.2. The van der Waals surface area contributed by atoms with Crippen LogP contribution in [0.1, 0.15) is 57.2 Å². The van der Waals surface area contributed by atoms with Crippen molar-refractivity contribution in [3.63, 3.8) is 0 Å². The molecule has 0 fully saturated rings. The second kappa shape index (κ2) is 12.5. The zero-order chi connectivity index (χ0) is 27.0. The van der Waals surface area contributed by atoms with E-state index in [1.54, 1.807) is 12.1 Å². The second-order valence-electron chi connectivity index (χ2n) is 10.6. The molecule has 2 amide bonds. The lowest BCUT2D eigenvalue weighted by Crippen LogP contribution is -2.55. The van der Waals surface area contributed by atoms with Crippen LogP contribution in [0.25, 0.3) is 0 Å². The van der Waals surface area contributed by atoms with Gasteiger partial charge in [0.2, 0.25) is 5.91 Å². The maximum absolute atomic E-state index is 13.6. The number of benzene rings is 3. The van der Waals surface area contributed by atoms with Gasteiger partial charge in [-0.15, -0.1) is 0 Å². The highest BCUT2D eigenvalue weighted by Crippen LogP contribution is 2.20. The molecule has 0 heterocycles. The van der Waals surface area contributed by atoms with Crippen LogP contribution in [-0.4, -0.2) is 34.9 Å². The Kier molecular flexibility index (Phi) is 9.45. The summed E-state index contributed by atoms with van der Waals surface area (Å²) in [6.45, 7) is 9.85. The summed E-state index contributed by atoms with van der Waals surface area (Å²) < 4.78 is 19.4. The molecular weight excluding hydrogens is 467 g/mol. The Morgan fingerprint density at radius 1 is 0.892 bits per heavy atom. The van der Waals surface area contributed by atoms with Crippen LogP contribution in [0.15, 0.2) is 78.9 Å². The molecule has 3 rings (SSSR count). The molecule has 0 aliphatic heterocycles. The minimum absolute atomic E-state index is 0.143. The summed E-state index contributed by atoms with van der Waals surface area (Å²) in [6, 6.07) is 22.4. The number of rotatable bonds is 10. The van der Waals surface area contributed by atoms with E-state index < -0.39 is 11.6 Å². The zero-order valence-corrected chi connectivity index (χ0v) is 22.3. The third-order valence-corrected chi connectivity index (χ3v) is 5.94. The first-order valence-electron chi connectivity index (χ1n) is 12.6. The number of carbonyl (C=O) groups excluding carboxylic acids is 2. The van der Waals surface area contributed by atoms with Gasteiger partial charge in [0.05, 0.1) is 0 Å². The van der Waals surface area contributed by atoms with Crippen molar-refractivity contribution in [2.24, 2.45) is 0 Å². The molecule has 0 radical (unpaired) electrons. The monoisotopic (exact) mass is 504 g/mol. The van der Waals surface area contributed by atoms with Gasteiger partial charge in [-0.2, -0.15) is 0 Å². The second-order valence-corrected chi connectivity index (χ2v) is 10.6. The minimum atomic E-state index is -0.786. The van der Waals surface area contributed by atoms with Crippen molar-refractivity contribution in [3.8, 4) is 5.75 Å². The third kappa shape index (κ3) is 8.74. The molecule has 0 aromatic heterocycles. The first-order chi connectivity index (χ1) is 17.5. The average molecular weight is 505 g/mol. The van der Waals surface area contributed by atoms with Crippen LogP contribution in [0.2, 0.25) is 0 Å². The summed E-state index contributed by atoms with van der Waals surface area (Å²) in [5.74, 6) is 0.0247. The predicted molar refractivity (Wildman–Crippen MR) is 145 cm³/mol. The van der Waals surface area contributed by atoms with Gasteiger partial charge in [-0.05, 0) is 67.6 Å². The zero-order valence-electron chi connectivity index (χ0n) is 22.3. The van der Waals surface area contributed by atoms with Gasteiger partial charge in [0.15, 0.2) is 6.61 Å². The highest BCUT2D eigenvalue weighted by Gasteiger charge is 2.32. The molecule has 0 bridgehead atoms. The largest absolute Gasteiger partial charge is 0.484 e. The van der Waals surface area contributed by atoms with Crippen LogP contribution < -0.4 is 10.1 Å². The molecule has 1 atom stereocenters.